The van der Waals surface area contributed by atoms with Gasteiger partial charge in [0.05, 0.1) is 5.56 Å². The molecule has 0 aliphatic rings. The molecule has 0 aliphatic heterocycles. The minimum Gasteiger partial charge on any atom is -0.494 e. The van der Waals surface area contributed by atoms with Crippen LogP contribution in [0.1, 0.15) is 0 Å². The van der Waals surface area contributed by atoms with Crippen molar-refractivity contribution in [3.05, 3.63) is 70.9 Å². The van der Waals surface area contributed by atoms with Crippen molar-refractivity contribution < 1.29 is 5.11 Å². The number of hydrogen-bond donors (Lipinski definition) is 1. The molecule has 0 spiro atoms. The summed E-state index contributed by atoms with van der Waals surface area (Å²) in [7, 11) is 0. The van der Waals surface area contributed by atoms with Crippen molar-refractivity contribution in [2.45, 2.75) is 0 Å². The minimum atomic E-state index is -0.0927. The number of aromatic hydroxyl groups is 1. The van der Waals surface area contributed by atoms with Crippen molar-refractivity contribution in [1.82, 2.24) is 0 Å². The molecule has 0 amide bonds. The number of benzene rings is 2. The predicted molar refractivity (Wildman–Crippen MR) is 72.0 cm³/mol. The molecule has 0 saturated heterocycles. The maximum Gasteiger partial charge on any atom is 0.267 e. The van der Waals surface area contributed by atoms with E-state index < -0.39 is 0 Å². The first-order valence-electron chi connectivity index (χ1n) is 5.75. The van der Waals surface area contributed by atoms with Gasteiger partial charge in [-0.1, -0.05) is 18.2 Å². The normalized spacial score (nSPS) is 10.7. The molecule has 0 fully saturated rings. The van der Waals surface area contributed by atoms with Gasteiger partial charge in [-0.05, 0) is 30.3 Å². The van der Waals surface area contributed by atoms with Gasteiger partial charge in [0.2, 0.25) is 5.75 Å². The van der Waals surface area contributed by atoms with Crippen LogP contribution in [0.25, 0.3) is 22.3 Å². The molecule has 3 aromatic carbocycles. The highest BCUT2D eigenvalue weighted by Gasteiger charge is 2.30. The van der Waals surface area contributed by atoms with Crippen LogP contribution < -0.4 is 5.43 Å². The lowest BCUT2D eigenvalue weighted by Gasteiger charge is -2.08. The highest BCUT2D eigenvalue weighted by atomic mass is 16.3. The quantitative estimate of drug-likeness (QED) is 0.692. The van der Waals surface area contributed by atoms with Crippen LogP contribution in [-0.2, 0) is 0 Å². The zero-order chi connectivity index (χ0) is 12.5. The van der Waals surface area contributed by atoms with E-state index in [1.165, 1.54) is 0 Å². The predicted octanol–water partition coefficient (Wildman–Crippen LogP) is 3.24. The second-order valence-electron chi connectivity index (χ2n) is 4.16. The molecule has 1 N–H and O–H groups in total. The van der Waals surface area contributed by atoms with Gasteiger partial charge in [-0.25, -0.2) is 0 Å². The van der Waals surface area contributed by atoms with E-state index in [1.54, 1.807) is 0 Å². The Hall–Kier alpha value is -2.48. The van der Waals surface area contributed by atoms with Gasteiger partial charge in [0.1, 0.15) is 5.56 Å². The van der Waals surface area contributed by atoms with E-state index in [4.69, 9.17) is 0 Å². The molecule has 0 radical (unpaired) electrons. The minimum absolute atomic E-state index is 0.0927. The van der Waals surface area contributed by atoms with Crippen molar-refractivity contribution in [2.24, 2.45) is 0 Å². The lowest BCUT2D eigenvalue weighted by atomic mass is 9.90. The summed E-state index contributed by atoms with van der Waals surface area (Å²) < 4.78 is 0. The van der Waals surface area contributed by atoms with Crippen LogP contribution in [-0.4, -0.2) is 5.11 Å². The second-order valence-corrected chi connectivity index (χ2v) is 4.16. The fourth-order valence-corrected chi connectivity index (χ4v) is 2.15. The highest BCUT2D eigenvalue weighted by Crippen LogP contribution is 2.38. The Morgan fingerprint density at radius 3 is 1.94 bits per heavy atom. The molecule has 0 unspecified atom stereocenters. The molecule has 18 heavy (non-hydrogen) atoms. The molecule has 0 atom stereocenters. The third-order valence-electron chi connectivity index (χ3n) is 3.05. The average molecular weight is 235 g/mol. The van der Waals surface area contributed by atoms with E-state index in [0.29, 0.717) is 11.1 Å². The summed E-state index contributed by atoms with van der Waals surface area (Å²) in [5.41, 5.74) is 2.26. The topological polar surface area (TPSA) is 37.3 Å². The van der Waals surface area contributed by atoms with Gasteiger partial charge in [0, 0.05) is 17.7 Å². The smallest absolute Gasteiger partial charge is 0.267 e. The second kappa shape index (κ2) is 4.08. The SMILES string of the molecule is O=c1c(-c2ccccc2)c(O)[c+]1-c1ccccc1. The lowest BCUT2D eigenvalue weighted by Crippen LogP contribution is -2.14. The summed E-state index contributed by atoms with van der Waals surface area (Å²) in [6, 6.07) is 18.5. The number of rotatable bonds is 2. The summed E-state index contributed by atoms with van der Waals surface area (Å²) in [5, 5.41) is 10.1. The molecule has 0 heterocycles. The molecular weight excluding hydrogens is 224 g/mol. The van der Waals surface area contributed by atoms with Gasteiger partial charge in [0.25, 0.3) is 5.43 Å². The first-order chi connectivity index (χ1) is 8.79. The Kier molecular flexibility index (Phi) is 2.41. The van der Waals surface area contributed by atoms with Crippen molar-refractivity contribution in [3.63, 3.8) is 0 Å². The van der Waals surface area contributed by atoms with E-state index >= 15 is 0 Å². The summed E-state index contributed by atoms with van der Waals surface area (Å²) >= 11 is 0. The Labute approximate surface area is 104 Å². The van der Waals surface area contributed by atoms with Gasteiger partial charge in [-0.2, -0.15) is 0 Å². The molecule has 0 saturated carbocycles. The Bertz CT molecular complexity index is 638. The van der Waals surface area contributed by atoms with E-state index in [9.17, 15) is 9.90 Å². The zero-order valence-electron chi connectivity index (χ0n) is 9.63. The van der Waals surface area contributed by atoms with Gasteiger partial charge in [-0.3, -0.25) is 4.79 Å². The molecule has 0 aliphatic carbocycles. The maximum absolute atomic E-state index is 12.1. The molecule has 3 aromatic rings. The van der Waals surface area contributed by atoms with Crippen molar-refractivity contribution >= 4 is 0 Å². The van der Waals surface area contributed by atoms with E-state index in [0.717, 1.165) is 11.1 Å². The van der Waals surface area contributed by atoms with Crippen LogP contribution >= 0.6 is 0 Å². The summed E-state index contributed by atoms with van der Waals surface area (Å²) in [6.07, 6.45) is 0. The largest absolute Gasteiger partial charge is 0.494 e. The Morgan fingerprint density at radius 2 is 1.39 bits per heavy atom. The first kappa shape index (κ1) is 10.7. The van der Waals surface area contributed by atoms with Gasteiger partial charge >= 0.3 is 0 Å². The van der Waals surface area contributed by atoms with Crippen LogP contribution in [0.5, 0.6) is 5.75 Å². The maximum atomic E-state index is 12.1. The van der Waals surface area contributed by atoms with Crippen LogP contribution in [0.15, 0.2) is 65.5 Å². The summed E-state index contributed by atoms with van der Waals surface area (Å²) in [4.78, 5) is 12.1. The average Bonchev–Trinajstić information content (AvgIpc) is 2.41. The fraction of sp³-hybridized carbons (Fsp3) is 0. The fourth-order valence-electron chi connectivity index (χ4n) is 2.15. The van der Waals surface area contributed by atoms with Crippen LogP contribution in [0.2, 0.25) is 0 Å². The monoisotopic (exact) mass is 235 g/mol. The standard InChI is InChI=1S/C16H10O2/c17-15-13(11-7-3-1-4-8-11)16(18)14(15)12-9-5-2-6-10-12/h1-10H/p+1. The third kappa shape index (κ3) is 1.51. The lowest BCUT2D eigenvalue weighted by molar-refractivity contribution is 0.474. The first-order valence-corrected chi connectivity index (χ1v) is 5.75. The van der Waals surface area contributed by atoms with Gasteiger partial charge in [-0.15, -0.1) is 0 Å². The molecule has 0 aromatic heterocycles. The van der Waals surface area contributed by atoms with Crippen molar-refractivity contribution in [3.8, 4) is 28.0 Å². The molecule has 2 heteroatoms. The van der Waals surface area contributed by atoms with Crippen LogP contribution in [0.3, 0.4) is 0 Å². The Balaban J connectivity index is 2.11. The van der Waals surface area contributed by atoms with Crippen LogP contribution in [0.4, 0.5) is 0 Å². The molecular formula is C16H11O2+. The zero-order valence-corrected chi connectivity index (χ0v) is 9.63. The van der Waals surface area contributed by atoms with E-state index in [1.807, 2.05) is 60.7 Å². The Morgan fingerprint density at radius 1 is 0.833 bits per heavy atom. The molecule has 2 nitrogen and oxygen atoms in total. The number of hydrogen-bond acceptors (Lipinski definition) is 2. The van der Waals surface area contributed by atoms with Crippen LogP contribution in [0, 0.1) is 0 Å². The molecule has 3 rings (SSSR count). The summed E-state index contributed by atoms with van der Waals surface area (Å²) in [5.74, 6) is 0.0948. The highest BCUT2D eigenvalue weighted by molar-refractivity contribution is 5.89. The van der Waals surface area contributed by atoms with Gasteiger partial charge < -0.3 is 5.11 Å². The molecule has 0 bridgehead atoms. The van der Waals surface area contributed by atoms with E-state index in [-0.39, 0.29) is 11.2 Å². The van der Waals surface area contributed by atoms with E-state index in [2.05, 4.69) is 0 Å². The molecule has 86 valence electrons. The van der Waals surface area contributed by atoms with Crippen molar-refractivity contribution in [2.75, 3.05) is 0 Å². The third-order valence-corrected chi connectivity index (χ3v) is 3.05. The summed E-state index contributed by atoms with van der Waals surface area (Å²) in [6.45, 7) is 0. The van der Waals surface area contributed by atoms with Crippen molar-refractivity contribution in [1.29, 1.82) is 0 Å². The van der Waals surface area contributed by atoms with Gasteiger partial charge in [0.15, 0.2) is 5.56 Å².